The second-order valence-electron chi connectivity index (χ2n) is 7.12. The molecule has 9 nitrogen and oxygen atoms in total. The first-order valence-corrected chi connectivity index (χ1v) is 11.5. The fourth-order valence-corrected chi connectivity index (χ4v) is 4.97. The van der Waals surface area contributed by atoms with Crippen molar-refractivity contribution >= 4 is 73.1 Å². The van der Waals surface area contributed by atoms with E-state index in [9.17, 15) is 24.0 Å². The first-order valence-electron chi connectivity index (χ1n) is 9.31. The zero-order valence-corrected chi connectivity index (χ0v) is 19.9. The third-order valence-corrected chi connectivity index (χ3v) is 8.15. The van der Waals surface area contributed by atoms with Crippen LogP contribution in [0.25, 0.3) is 0 Å². The van der Waals surface area contributed by atoms with Gasteiger partial charge in [0.05, 0.1) is 22.4 Å². The minimum absolute atomic E-state index is 0.0575. The third kappa shape index (κ3) is 5.45. The molecule has 1 saturated heterocycles. The summed E-state index contributed by atoms with van der Waals surface area (Å²) in [5.41, 5.74) is 4.40. The van der Waals surface area contributed by atoms with E-state index in [1.807, 2.05) is 0 Å². The molecule has 1 saturated carbocycles. The molecule has 0 bridgehead atoms. The maximum Gasteiger partial charge on any atom is 0.326 e. The second kappa shape index (κ2) is 10.1. The van der Waals surface area contributed by atoms with Gasteiger partial charge in [0, 0.05) is 9.65 Å². The monoisotopic (exact) mass is 577 g/mol. The molecule has 2 fully saturated rings. The van der Waals surface area contributed by atoms with Crippen LogP contribution in [0.5, 0.6) is 0 Å². The summed E-state index contributed by atoms with van der Waals surface area (Å²) < 4.78 is 4.83. The molecule has 0 radical (unpaired) electrons. The predicted octanol–water partition coefficient (Wildman–Crippen LogP) is 1.57. The highest BCUT2D eigenvalue weighted by molar-refractivity contribution is 9.12. The zero-order chi connectivity index (χ0) is 22.7. The topological polar surface area (TPSA) is 122 Å². The number of hydrogen-bond acceptors (Lipinski definition) is 6. The highest BCUT2D eigenvalue weighted by Crippen LogP contribution is 2.43. The number of ether oxygens (including phenoxy) is 1. The van der Waals surface area contributed by atoms with Crippen molar-refractivity contribution in [1.82, 2.24) is 15.8 Å². The van der Waals surface area contributed by atoms with Gasteiger partial charge in [0.1, 0.15) is 6.54 Å². The van der Waals surface area contributed by atoms with E-state index in [0.717, 1.165) is 4.90 Å². The molecule has 12 heteroatoms. The second-order valence-corrected chi connectivity index (χ2v) is 9.88. The number of halogens is 3. The number of hydrazine groups is 1. The molecular weight excluding hydrogens is 561 g/mol. The highest BCUT2D eigenvalue weighted by Gasteiger charge is 2.52. The van der Waals surface area contributed by atoms with Crippen molar-refractivity contribution in [1.29, 1.82) is 0 Å². The van der Waals surface area contributed by atoms with E-state index in [1.165, 1.54) is 12.1 Å². The summed E-state index contributed by atoms with van der Waals surface area (Å²) in [6, 6.07) is 6.25. The Labute approximate surface area is 199 Å². The molecule has 0 aromatic heterocycles. The Balaban J connectivity index is 1.45. The Bertz CT molecular complexity index is 902. The van der Waals surface area contributed by atoms with Gasteiger partial charge in [0.2, 0.25) is 11.8 Å². The highest BCUT2D eigenvalue weighted by atomic mass is 79.9. The van der Waals surface area contributed by atoms with Crippen LogP contribution < -0.4 is 10.9 Å². The number of fused-ring (bicyclic) bond motifs is 1. The molecule has 2 N–H and O–H groups in total. The lowest BCUT2D eigenvalue weighted by atomic mass is 9.81. The summed E-state index contributed by atoms with van der Waals surface area (Å²) in [6.45, 7) is -1.26. The van der Waals surface area contributed by atoms with Gasteiger partial charge in [-0.2, -0.15) is 0 Å². The van der Waals surface area contributed by atoms with E-state index >= 15 is 0 Å². The van der Waals surface area contributed by atoms with Crippen molar-refractivity contribution < 1.29 is 28.7 Å². The average Bonchev–Trinajstić information content (AvgIpc) is 2.95. The normalized spacial score (nSPS) is 25.1. The van der Waals surface area contributed by atoms with Gasteiger partial charge in [-0.1, -0.05) is 55.6 Å². The number of alkyl halides is 2. The molecule has 1 aromatic rings. The van der Waals surface area contributed by atoms with Crippen LogP contribution in [0.4, 0.5) is 0 Å². The molecule has 31 heavy (non-hydrogen) atoms. The summed E-state index contributed by atoms with van der Waals surface area (Å²) >= 11 is 12.9. The fraction of sp³-hybridized carbons (Fsp3) is 0.421. The number of carbonyl (C=O) groups excluding carboxylic acids is 5. The number of nitrogens with one attached hydrogen (secondary N) is 2. The molecule has 1 aromatic carbocycles. The van der Waals surface area contributed by atoms with E-state index in [4.69, 9.17) is 16.3 Å². The zero-order valence-electron chi connectivity index (χ0n) is 16.0. The van der Waals surface area contributed by atoms with Crippen LogP contribution in [0.15, 0.2) is 24.3 Å². The molecule has 2 aliphatic rings. The van der Waals surface area contributed by atoms with Crippen LogP contribution in [-0.2, 0) is 23.9 Å². The molecule has 3 rings (SSSR count). The Kier molecular flexibility index (Phi) is 7.71. The maximum atomic E-state index is 12.5. The van der Waals surface area contributed by atoms with Gasteiger partial charge < -0.3 is 4.74 Å². The summed E-state index contributed by atoms with van der Waals surface area (Å²) in [5.74, 6) is -4.11. The quantitative estimate of drug-likeness (QED) is 0.237. The van der Waals surface area contributed by atoms with E-state index < -0.39 is 54.6 Å². The molecule has 1 aliphatic heterocycles. The van der Waals surface area contributed by atoms with Gasteiger partial charge in [0.25, 0.3) is 11.8 Å². The van der Waals surface area contributed by atoms with Crippen LogP contribution in [0, 0.1) is 11.8 Å². The number of esters is 1. The molecule has 4 amide bonds. The maximum absolute atomic E-state index is 12.5. The van der Waals surface area contributed by atoms with Crippen molar-refractivity contribution in [3.63, 3.8) is 0 Å². The van der Waals surface area contributed by atoms with Gasteiger partial charge in [-0.15, -0.1) is 0 Å². The smallest absolute Gasteiger partial charge is 0.326 e. The first kappa shape index (κ1) is 23.7. The number of rotatable bonds is 5. The van der Waals surface area contributed by atoms with E-state index in [0.29, 0.717) is 12.8 Å². The Morgan fingerprint density at radius 2 is 1.61 bits per heavy atom. The molecular formula is C19H18Br2ClN3O6. The minimum atomic E-state index is -0.904. The molecule has 166 valence electrons. The average molecular weight is 580 g/mol. The summed E-state index contributed by atoms with van der Waals surface area (Å²) in [5, 5.41) is 0.207. The van der Waals surface area contributed by atoms with E-state index in [1.54, 1.807) is 12.1 Å². The fourth-order valence-electron chi connectivity index (χ4n) is 3.52. The van der Waals surface area contributed by atoms with E-state index in [2.05, 4.69) is 42.7 Å². The molecule has 1 aliphatic carbocycles. The first-order chi connectivity index (χ1) is 14.7. The number of carbonyl (C=O) groups is 5. The lowest BCUT2D eigenvalue weighted by Gasteiger charge is -2.29. The number of likely N-dealkylation sites (tertiary alicyclic amines) is 1. The Morgan fingerprint density at radius 3 is 2.19 bits per heavy atom. The minimum Gasteiger partial charge on any atom is -0.454 e. The predicted molar refractivity (Wildman–Crippen MR) is 116 cm³/mol. The van der Waals surface area contributed by atoms with Crippen molar-refractivity contribution in [3.8, 4) is 0 Å². The molecule has 0 unspecified atom stereocenters. The van der Waals surface area contributed by atoms with E-state index in [-0.39, 0.29) is 20.2 Å². The van der Waals surface area contributed by atoms with Gasteiger partial charge in [-0.05, 0) is 25.0 Å². The number of imide groups is 1. The third-order valence-electron chi connectivity index (χ3n) is 5.09. The standard InChI is InChI=1S/C19H18Br2ClN3O6/c20-12-5-10-11(6-13(12)21)19(30)25(18(10)29)7-16(27)31-8-15(26)23-24-17(28)9-3-1-2-4-14(9)22/h1-4,10-13H,5-8H2,(H,23,26)(H,24,28)/t10-,11+,12-,13-/m0/s1. The lowest BCUT2D eigenvalue weighted by Crippen LogP contribution is -2.44. The van der Waals surface area contributed by atoms with Crippen molar-refractivity contribution in [3.05, 3.63) is 34.9 Å². The van der Waals surface area contributed by atoms with Crippen LogP contribution >= 0.6 is 43.5 Å². The summed E-state index contributed by atoms with van der Waals surface area (Å²) in [6.07, 6.45) is 0.981. The largest absolute Gasteiger partial charge is 0.454 e. The summed E-state index contributed by atoms with van der Waals surface area (Å²) in [4.78, 5) is 61.9. The van der Waals surface area contributed by atoms with Crippen LogP contribution in [0.2, 0.25) is 5.02 Å². The van der Waals surface area contributed by atoms with Crippen molar-refractivity contribution in [2.24, 2.45) is 11.8 Å². The SMILES string of the molecule is O=C(COC(=O)CN1C(=O)[C@H]2C[C@H](Br)[C@@H](Br)C[C@H]2C1=O)NNC(=O)c1ccccc1Cl. The van der Waals surface area contributed by atoms with Crippen LogP contribution in [0.1, 0.15) is 23.2 Å². The van der Waals surface area contributed by atoms with Crippen molar-refractivity contribution in [2.75, 3.05) is 13.2 Å². The lowest BCUT2D eigenvalue weighted by molar-refractivity contribution is -0.155. The molecule has 4 atom stereocenters. The summed E-state index contributed by atoms with van der Waals surface area (Å²) in [7, 11) is 0. The van der Waals surface area contributed by atoms with Crippen LogP contribution in [-0.4, -0.2) is 57.3 Å². The van der Waals surface area contributed by atoms with Crippen LogP contribution in [0.3, 0.4) is 0 Å². The molecule has 0 spiro atoms. The van der Waals surface area contributed by atoms with Gasteiger partial charge in [0.15, 0.2) is 6.61 Å². The van der Waals surface area contributed by atoms with Gasteiger partial charge >= 0.3 is 5.97 Å². The number of benzene rings is 1. The van der Waals surface area contributed by atoms with Crippen molar-refractivity contribution in [2.45, 2.75) is 22.5 Å². The molecule has 1 heterocycles. The van der Waals surface area contributed by atoms with Gasteiger partial charge in [-0.3, -0.25) is 39.7 Å². The Hall–Kier alpha value is -1.98. The number of amides is 4. The number of hydrogen-bond donors (Lipinski definition) is 2. The Morgan fingerprint density at radius 1 is 1.03 bits per heavy atom. The number of nitrogens with zero attached hydrogens (tertiary/aromatic N) is 1. The van der Waals surface area contributed by atoms with Gasteiger partial charge in [-0.25, -0.2) is 0 Å².